The van der Waals surface area contributed by atoms with Gasteiger partial charge in [0.05, 0.1) is 38.0 Å². The van der Waals surface area contributed by atoms with Crippen LogP contribution in [0.5, 0.6) is 11.5 Å². The Morgan fingerprint density at radius 2 is 1.17 bits per heavy atom. The molecular formula is C18H14F2N2O2. The Labute approximate surface area is 137 Å². The fourth-order valence-corrected chi connectivity index (χ4v) is 2.26. The van der Waals surface area contributed by atoms with E-state index in [1.165, 1.54) is 32.7 Å². The molecule has 0 saturated carbocycles. The molecule has 0 unspecified atom stereocenters. The first-order valence-corrected chi connectivity index (χ1v) is 7.12. The minimum atomic E-state index is -0.692. The first kappa shape index (κ1) is 15.9. The van der Waals surface area contributed by atoms with Gasteiger partial charge < -0.3 is 9.47 Å². The maximum Gasteiger partial charge on any atom is 0.137 e. The fourth-order valence-electron chi connectivity index (χ4n) is 2.26. The Bertz CT molecular complexity index is 781. The number of halogens is 2. The summed E-state index contributed by atoms with van der Waals surface area (Å²) in [7, 11) is 3.03. The molecule has 0 N–H and O–H groups in total. The lowest BCUT2D eigenvalue weighted by Crippen LogP contribution is -1.95. The van der Waals surface area contributed by atoms with Crippen LogP contribution >= 0.6 is 0 Å². The van der Waals surface area contributed by atoms with Crippen molar-refractivity contribution in [1.82, 2.24) is 9.97 Å². The van der Waals surface area contributed by atoms with Crippen molar-refractivity contribution in [3.63, 3.8) is 0 Å². The Balaban J connectivity index is 2.07. The maximum atomic E-state index is 14.2. The molecule has 0 fully saturated rings. The van der Waals surface area contributed by atoms with E-state index in [0.29, 0.717) is 22.9 Å². The van der Waals surface area contributed by atoms with Crippen LogP contribution in [-0.2, 0) is 0 Å². The molecular weight excluding hydrogens is 314 g/mol. The van der Waals surface area contributed by atoms with Crippen molar-refractivity contribution in [2.24, 2.45) is 0 Å². The summed E-state index contributed by atoms with van der Waals surface area (Å²) < 4.78 is 38.4. The number of hydrogen-bond donors (Lipinski definition) is 0. The van der Waals surface area contributed by atoms with Crippen LogP contribution in [0.2, 0.25) is 0 Å². The average molecular weight is 328 g/mol. The molecule has 122 valence electrons. The summed E-state index contributed by atoms with van der Waals surface area (Å²) in [6.07, 6.45) is 2.95. The second-order valence-corrected chi connectivity index (χ2v) is 4.98. The zero-order valence-corrected chi connectivity index (χ0v) is 13.1. The molecule has 3 aromatic rings. The van der Waals surface area contributed by atoms with Gasteiger partial charge in [0.1, 0.15) is 23.1 Å². The summed E-state index contributed by atoms with van der Waals surface area (Å²) >= 11 is 0. The minimum absolute atomic E-state index is 0.187. The quantitative estimate of drug-likeness (QED) is 0.723. The molecule has 0 atom stereocenters. The Morgan fingerprint density at radius 3 is 1.50 bits per heavy atom. The largest absolute Gasteiger partial charge is 0.495 e. The predicted molar refractivity (Wildman–Crippen MR) is 85.9 cm³/mol. The molecule has 6 heteroatoms. The van der Waals surface area contributed by atoms with Crippen molar-refractivity contribution in [3.8, 4) is 34.0 Å². The van der Waals surface area contributed by atoms with Gasteiger partial charge in [-0.2, -0.15) is 0 Å². The van der Waals surface area contributed by atoms with Crippen molar-refractivity contribution in [2.75, 3.05) is 14.2 Å². The molecule has 0 aliphatic heterocycles. The van der Waals surface area contributed by atoms with Crippen molar-refractivity contribution < 1.29 is 18.3 Å². The van der Waals surface area contributed by atoms with Crippen LogP contribution < -0.4 is 9.47 Å². The normalized spacial score (nSPS) is 10.5. The fraction of sp³-hybridized carbons (Fsp3) is 0.111. The van der Waals surface area contributed by atoms with Gasteiger partial charge in [0.2, 0.25) is 0 Å². The van der Waals surface area contributed by atoms with Crippen LogP contribution in [0.25, 0.3) is 22.5 Å². The lowest BCUT2D eigenvalue weighted by molar-refractivity contribution is 0.413. The van der Waals surface area contributed by atoms with Gasteiger partial charge in [0, 0.05) is 17.2 Å². The van der Waals surface area contributed by atoms with E-state index < -0.39 is 11.6 Å². The van der Waals surface area contributed by atoms with Crippen LogP contribution in [0.1, 0.15) is 0 Å². The number of methoxy groups -OCH3 is 2. The third kappa shape index (κ3) is 3.03. The Kier molecular flexibility index (Phi) is 4.37. The van der Waals surface area contributed by atoms with E-state index in [4.69, 9.17) is 9.47 Å². The monoisotopic (exact) mass is 328 g/mol. The Hall–Kier alpha value is -3.02. The highest BCUT2D eigenvalue weighted by atomic mass is 19.1. The molecule has 3 rings (SSSR count). The molecule has 0 radical (unpaired) electrons. The van der Waals surface area contributed by atoms with Crippen LogP contribution in [-0.4, -0.2) is 24.2 Å². The van der Waals surface area contributed by atoms with Gasteiger partial charge in [-0.3, -0.25) is 9.97 Å². The number of benzene rings is 1. The SMILES string of the molecule is COc1ccc(-c2cc(-c3ccc(OC)cn3)c(F)cc2F)nc1. The highest BCUT2D eigenvalue weighted by Gasteiger charge is 2.15. The van der Waals surface area contributed by atoms with Crippen molar-refractivity contribution in [3.05, 3.63) is 60.4 Å². The molecule has 0 saturated heterocycles. The van der Waals surface area contributed by atoms with Gasteiger partial charge in [-0.05, 0) is 30.3 Å². The summed E-state index contributed by atoms with van der Waals surface area (Å²) in [5.41, 5.74) is 1.13. The number of ether oxygens (including phenoxy) is 2. The summed E-state index contributed by atoms with van der Waals surface area (Å²) in [5, 5.41) is 0. The van der Waals surface area contributed by atoms with Gasteiger partial charge in [0.25, 0.3) is 0 Å². The zero-order valence-electron chi connectivity index (χ0n) is 13.1. The number of pyridine rings is 2. The second-order valence-electron chi connectivity index (χ2n) is 4.98. The zero-order chi connectivity index (χ0) is 17.1. The van der Waals surface area contributed by atoms with Crippen molar-refractivity contribution >= 4 is 0 Å². The third-order valence-corrected chi connectivity index (χ3v) is 3.55. The highest BCUT2D eigenvalue weighted by Crippen LogP contribution is 2.30. The van der Waals surface area contributed by atoms with Crippen molar-refractivity contribution in [2.45, 2.75) is 0 Å². The molecule has 24 heavy (non-hydrogen) atoms. The van der Waals surface area contributed by atoms with E-state index in [-0.39, 0.29) is 11.1 Å². The van der Waals surface area contributed by atoms with E-state index in [1.54, 1.807) is 24.3 Å². The van der Waals surface area contributed by atoms with Gasteiger partial charge >= 0.3 is 0 Å². The number of aromatic nitrogens is 2. The van der Waals surface area contributed by atoms with E-state index in [0.717, 1.165) is 6.07 Å². The van der Waals surface area contributed by atoms with Crippen molar-refractivity contribution in [1.29, 1.82) is 0 Å². The minimum Gasteiger partial charge on any atom is -0.495 e. The van der Waals surface area contributed by atoms with Crippen LogP contribution in [0.3, 0.4) is 0 Å². The predicted octanol–water partition coefficient (Wildman–Crippen LogP) is 4.11. The number of rotatable bonds is 4. The third-order valence-electron chi connectivity index (χ3n) is 3.55. The summed E-state index contributed by atoms with van der Waals surface area (Å²) in [6, 6.07) is 8.78. The van der Waals surface area contributed by atoms with E-state index in [2.05, 4.69) is 9.97 Å². The molecule has 0 spiro atoms. The van der Waals surface area contributed by atoms with E-state index in [9.17, 15) is 8.78 Å². The first-order chi connectivity index (χ1) is 11.6. The Morgan fingerprint density at radius 1 is 0.708 bits per heavy atom. The van der Waals surface area contributed by atoms with Gasteiger partial charge in [-0.25, -0.2) is 8.78 Å². The molecule has 0 bridgehead atoms. The number of nitrogens with zero attached hydrogens (tertiary/aromatic N) is 2. The molecule has 2 heterocycles. The first-order valence-electron chi connectivity index (χ1n) is 7.12. The lowest BCUT2D eigenvalue weighted by Gasteiger charge is -2.09. The van der Waals surface area contributed by atoms with E-state index >= 15 is 0 Å². The molecule has 0 aliphatic rings. The molecule has 0 amide bonds. The van der Waals surface area contributed by atoms with Crippen LogP contribution in [0.15, 0.2) is 48.8 Å². The number of hydrogen-bond acceptors (Lipinski definition) is 4. The molecule has 1 aromatic carbocycles. The lowest BCUT2D eigenvalue weighted by atomic mass is 10.0. The topological polar surface area (TPSA) is 44.2 Å². The molecule has 2 aromatic heterocycles. The van der Waals surface area contributed by atoms with Crippen LogP contribution in [0, 0.1) is 11.6 Å². The molecule has 0 aliphatic carbocycles. The van der Waals surface area contributed by atoms with Crippen LogP contribution in [0.4, 0.5) is 8.78 Å². The summed E-state index contributed by atoms with van der Waals surface area (Å²) in [5.74, 6) is -0.276. The molecule has 4 nitrogen and oxygen atoms in total. The van der Waals surface area contributed by atoms with E-state index in [1.807, 2.05) is 0 Å². The summed E-state index contributed by atoms with van der Waals surface area (Å²) in [6.45, 7) is 0. The van der Waals surface area contributed by atoms with Gasteiger partial charge in [-0.15, -0.1) is 0 Å². The summed E-state index contributed by atoms with van der Waals surface area (Å²) in [4.78, 5) is 8.29. The van der Waals surface area contributed by atoms with Gasteiger partial charge in [0.15, 0.2) is 0 Å². The highest BCUT2D eigenvalue weighted by molar-refractivity contribution is 5.70. The van der Waals surface area contributed by atoms with Gasteiger partial charge in [-0.1, -0.05) is 0 Å². The average Bonchev–Trinajstić information content (AvgIpc) is 2.62. The maximum absolute atomic E-state index is 14.2. The standard InChI is InChI=1S/C18H14F2N2O2/c1-23-11-3-5-17(21-9-11)13-7-14(16(20)8-15(13)19)18-6-4-12(24-2)10-22-18/h3-10H,1-2H3. The second kappa shape index (κ2) is 6.62. The smallest absolute Gasteiger partial charge is 0.137 e.